The largest absolute Gasteiger partial charge is 0.389 e. The molecule has 1 saturated carbocycles. The van der Waals surface area contributed by atoms with Crippen LogP contribution in [0, 0.1) is 34.9 Å². The minimum absolute atomic E-state index is 0.0204. The van der Waals surface area contributed by atoms with E-state index < -0.39 is 41.0 Å². The van der Waals surface area contributed by atoms with Gasteiger partial charge >= 0.3 is 0 Å². The first kappa shape index (κ1) is 28.2. The summed E-state index contributed by atoms with van der Waals surface area (Å²) in [5.74, 6) is -6.31. The summed E-state index contributed by atoms with van der Waals surface area (Å²) in [7, 11) is 0. The molecule has 0 amide bonds. The summed E-state index contributed by atoms with van der Waals surface area (Å²) in [5.41, 5.74) is 0.886. The molecule has 0 radical (unpaired) electrons. The molecule has 0 aliphatic heterocycles. The van der Waals surface area contributed by atoms with Crippen LogP contribution in [0.1, 0.15) is 97.3 Å². The molecular formula is C31H32F6O. The van der Waals surface area contributed by atoms with E-state index in [-0.39, 0.29) is 52.5 Å². The number of hydrogen-bond acceptors (Lipinski definition) is 1. The summed E-state index contributed by atoms with van der Waals surface area (Å²) in [5, 5.41) is 9.60. The first-order valence-corrected chi connectivity index (χ1v) is 13.2. The third-order valence-corrected chi connectivity index (χ3v) is 7.82. The predicted molar refractivity (Wildman–Crippen MR) is 135 cm³/mol. The normalized spacial score (nSPS) is 18.6. The Morgan fingerprint density at radius 2 is 1.00 bits per heavy atom. The van der Waals surface area contributed by atoms with E-state index in [0.29, 0.717) is 44.1 Å². The van der Waals surface area contributed by atoms with Crippen molar-refractivity contribution >= 4 is 0 Å². The van der Waals surface area contributed by atoms with Gasteiger partial charge in [-0.1, -0.05) is 49.7 Å². The van der Waals surface area contributed by atoms with Crippen molar-refractivity contribution < 1.29 is 31.4 Å². The molecule has 3 aromatic rings. The maximum atomic E-state index is 15.1. The lowest BCUT2D eigenvalue weighted by atomic mass is 9.75. The summed E-state index contributed by atoms with van der Waals surface area (Å²) in [6, 6.07) is 8.94. The number of benzene rings is 3. The van der Waals surface area contributed by atoms with Gasteiger partial charge in [-0.05, 0) is 91.5 Å². The monoisotopic (exact) mass is 534 g/mol. The van der Waals surface area contributed by atoms with Gasteiger partial charge in [-0.15, -0.1) is 0 Å². The molecule has 0 heterocycles. The maximum Gasteiger partial charge on any atom is 0.164 e. The lowest BCUT2D eigenvalue weighted by Gasteiger charge is -2.30. The van der Waals surface area contributed by atoms with Gasteiger partial charge in [0.1, 0.15) is 0 Å². The molecule has 0 aromatic heterocycles. The van der Waals surface area contributed by atoms with E-state index >= 15 is 4.39 Å². The van der Waals surface area contributed by atoms with Crippen LogP contribution in [0.5, 0.6) is 0 Å². The second kappa shape index (κ2) is 11.9. The van der Waals surface area contributed by atoms with E-state index in [9.17, 15) is 27.1 Å². The quantitative estimate of drug-likeness (QED) is 0.287. The standard InChI is InChI=1S/C31H32F6O/c1-3-4-20-9-10-21(27(33)26(20)32)11-12-22-13-14-24(30(36)28(22)34)18-5-7-19(8-6-18)25-16-15-23(17(2)38)29(35)31(25)37/h9-10,13-19,38H,3-8,11-12H2,1-2H3. The van der Waals surface area contributed by atoms with Crippen molar-refractivity contribution in [2.45, 2.75) is 83.2 Å². The van der Waals surface area contributed by atoms with Crippen molar-refractivity contribution in [3.8, 4) is 0 Å². The summed E-state index contributed by atoms with van der Waals surface area (Å²) in [6.07, 6.45) is 1.96. The van der Waals surface area contributed by atoms with E-state index in [1.54, 1.807) is 0 Å². The highest BCUT2D eigenvalue weighted by Gasteiger charge is 2.30. The van der Waals surface area contributed by atoms with Crippen LogP contribution >= 0.6 is 0 Å². The highest BCUT2D eigenvalue weighted by atomic mass is 19.2. The molecule has 38 heavy (non-hydrogen) atoms. The molecule has 1 N–H and O–H groups in total. The zero-order valence-corrected chi connectivity index (χ0v) is 21.6. The summed E-state index contributed by atoms with van der Waals surface area (Å²) < 4.78 is 87.7. The predicted octanol–water partition coefficient (Wildman–Crippen LogP) is 8.75. The van der Waals surface area contributed by atoms with E-state index in [4.69, 9.17) is 0 Å². The maximum absolute atomic E-state index is 15.1. The van der Waals surface area contributed by atoms with Gasteiger partial charge in [-0.3, -0.25) is 0 Å². The van der Waals surface area contributed by atoms with Crippen LogP contribution in [-0.2, 0) is 19.3 Å². The van der Waals surface area contributed by atoms with Crippen LogP contribution in [-0.4, -0.2) is 5.11 Å². The minimum atomic E-state index is -1.12. The van der Waals surface area contributed by atoms with Gasteiger partial charge in [-0.25, -0.2) is 26.3 Å². The molecule has 1 fully saturated rings. The Morgan fingerprint density at radius 1 is 0.605 bits per heavy atom. The first-order chi connectivity index (χ1) is 18.1. The molecule has 3 aromatic carbocycles. The van der Waals surface area contributed by atoms with E-state index in [0.717, 1.165) is 0 Å². The molecular weight excluding hydrogens is 502 g/mol. The lowest BCUT2D eigenvalue weighted by molar-refractivity contribution is 0.192. The van der Waals surface area contributed by atoms with Gasteiger partial charge in [0.05, 0.1) is 6.10 Å². The Balaban J connectivity index is 1.43. The molecule has 0 bridgehead atoms. The third kappa shape index (κ3) is 5.63. The van der Waals surface area contributed by atoms with E-state index in [1.165, 1.54) is 43.3 Å². The molecule has 1 atom stereocenters. The van der Waals surface area contributed by atoms with Crippen molar-refractivity contribution in [2.24, 2.45) is 0 Å². The first-order valence-electron chi connectivity index (χ1n) is 13.2. The number of aliphatic hydroxyl groups excluding tert-OH is 1. The third-order valence-electron chi connectivity index (χ3n) is 7.82. The van der Waals surface area contributed by atoms with Crippen molar-refractivity contribution in [3.63, 3.8) is 0 Å². The van der Waals surface area contributed by atoms with Crippen LogP contribution in [0.2, 0.25) is 0 Å². The van der Waals surface area contributed by atoms with Crippen LogP contribution in [0.25, 0.3) is 0 Å². The van der Waals surface area contributed by atoms with Gasteiger partial charge < -0.3 is 5.11 Å². The molecule has 204 valence electrons. The number of rotatable bonds is 8. The van der Waals surface area contributed by atoms with Gasteiger partial charge in [0.25, 0.3) is 0 Å². The number of aryl methyl sites for hydroxylation is 3. The van der Waals surface area contributed by atoms with Crippen molar-refractivity contribution in [3.05, 3.63) is 105 Å². The molecule has 1 nitrogen and oxygen atoms in total. The van der Waals surface area contributed by atoms with Gasteiger partial charge in [-0.2, -0.15) is 0 Å². The molecule has 1 aliphatic rings. The Morgan fingerprint density at radius 3 is 1.47 bits per heavy atom. The fourth-order valence-corrected chi connectivity index (χ4v) is 5.60. The van der Waals surface area contributed by atoms with E-state index in [1.807, 2.05) is 6.92 Å². The second-order valence-electron chi connectivity index (χ2n) is 10.3. The zero-order chi connectivity index (χ0) is 27.6. The molecule has 0 saturated heterocycles. The van der Waals surface area contributed by atoms with Crippen LogP contribution < -0.4 is 0 Å². The lowest BCUT2D eigenvalue weighted by Crippen LogP contribution is -2.16. The van der Waals surface area contributed by atoms with Gasteiger partial charge in [0.15, 0.2) is 34.9 Å². The fraction of sp³-hybridized carbons (Fsp3) is 0.419. The Kier molecular flexibility index (Phi) is 8.86. The minimum Gasteiger partial charge on any atom is -0.389 e. The smallest absolute Gasteiger partial charge is 0.164 e. The van der Waals surface area contributed by atoms with Crippen LogP contribution in [0.3, 0.4) is 0 Å². The summed E-state index contributed by atoms with van der Waals surface area (Å²) in [6.45, 7) is 3.24. The van der Waals surface area contributed by atoms with Crippen LogP contribution in [0.4, 0.5) is 26.3 Å². The Hall–Kier alpha value is -2.80. The average molecular weight is 535 g/mol. The average Bonchev–Trinajstić information content (AvgIpc) is 2.90. The van der Waals surface area contributed by atoms with Gasteiger partial charge in [0, 0.05) is 5.56 Å². The molecule has 1 unspecified atom stereocenters. The van der Waals surface area contributed by atoms with Crippen molar-refractivity contribution in [1.29, 1.82) is 0 Å². The van der Waals surface area contributed by atoms with Gasteiger partial charge in [0.2, 0.25) is 0 Å². The number of aliphatic hydroxyl groups is 1. The van der Waals surface area contributed by atoms with Crippen molar-refractivity contribution in [2.75, 3.05) is 0 Å². The summed E-state index contributed by atoms with van der Waals surface area (Å²) >= 11 is 0. The number of hydrogen-bond donors (Lipinski definition) is 1. The molecule has 0 spiro atoms. The zero-order valence-electron chi connectivity index (χ0n) is 21.6. The molecule has 4 rings (SSSR count). The second-order valence-corrected chi connectivity index (χ2v) is 10.3. The highest BCUT2D eigenvalue weighted by Crippen LogP contribution is 2.43. The SMILES string of the molecule is CCCc1ccc(CCc2ccc(C3CCC(c4ccc(C(C)O)c(F)c4F)CC3)c(F)c2F)c(F)c1F. The fourth-order valence-electron chi connectivity index (χ4n) is 5.60. The highest BCUT2D eigenvalue weighted by molar-refractivity contribution is 5.34. The molecule has 1 aliphatic carbocycles. The number of halogens is 6. The van der Waals surface area contributed by atoms with Crippen LogP contribution in [0.15, 0.2) is 36.4 Å². The Labute approximate surface area is 219 Å². The topological polar surface area (TPSA) is 20.2 Å². The summed E-state index contributed by atoms with van der Waals surface area (Å²) in [4.78, 5) is 0. The van der Waals surface area contributed by atoms with Crippen molar-refractivity contribution in [1.82, 2.24) is 0 Å². The Bertz CT molecular complexity index is 1290. The van der Waals surface area contributed by atoms with E-state index in [2.05, 4.69) is 0 Å². The molecule has 7 heteroatoms.